The molecule has 1 heterocycles. The van der Waals surface area contributed by atoms with Crippen molar-refractivity contribution in [2.24, 2.45) is 0 Å². The average Bonchev–Trinajstić information content (AvgIpc) is 3.44. The van der Waals surface area contributed by atoms with Crippen LogP contribution < -0.4 is 18.9 Å². The highest BCUT2D eigenvalue weighted by Gasteiger charge is 2.47. The first-order valence-corrected chi connectivity index (χ1v) is 16.5. The Morgan fingerprint density at radius 3 is 1.98 bits per heavy atom. The van der Waals surface area contributed by atoms with Crippen LogP contribution in [0.3, 0.4) is 0 Å². The minimum atomic E-state index is -4.12. The van der Waals surface area contributed by atoms with Crippen LogP contribution in [0, 0.1) is 11.6 Å². The lowest BCUT2D eigenvalue weighted by Gasteiger charge is -2.29. The van der Waals surface area contributed by atoms with Gasteiger partial charge in [0, 0.05) is 18.8 Å². The fraction of sp³-hybridized carbons (Fsp3) is 0.472. The van der Waals surface area contributed by atoms with E-state index in [1.165, 1.54) is 12.1 Å². The number of esters is 3. The quantitative estimate of drug-likeness (QED) is 0.0472. The van der Waals surface area contributed by atoms with Crippen LogP contribution in [0.1, 0.15) is 86.0 Å². The first-order valence-electron chi connectivity index (χ1n) is 16.5. The second-order valence-electron chi connectivity index (χ2n) is 11.7. The number of ether oxygens (including phenoxy) is 7. The first-order chi connectivity index (χ1) is 24.0. The van der Waals surface area contributed by atoms with E-state index in [4.69, 9.17) is 23.7 Å². The van der Waals surface area contributed by atoms with Gasteiger partial charge in [-0.2, -0.15) is 4.39 Å². The van der Waals surface area contributed by atoms with Crippen molar-refractivity contribution in [3.05, 3.63) is 72.3 Å². The molecule has 0 aromatic heterocycles. The zero-order chi connectivity index (χ0) is 36.1. The fourth-order valence-electron chi connectivity index (χ4n) is 5.57. The van der Waals surface area contributed by atoms with E-state index in [1.54, 1.807) is 0 Å². The van der Waals surface area contributed by atoms with Crippen molar-refractivity contribution in [3.63, 3.8) is 0 Å². The molecule has 0 N–H and O–H groups in total. The summed E-state index contributed by atoms with van der Waals surface area (Å²) in [7, 11) is 0. The van der Waals surface area contributed by atoms with Gasteiger partial charge in [0.25, 0.3) is 0 Å². The van der Waals surface area contributed by atoms with Crippen molar-refractivity contribution in [1.29, 1.82) is 0 Å². The molecule has 1 aliphatic heterocycles. The van der Waals surface area contributed by atoms with Gasteiger partial charge < -0.3 is 33.2 Å². The Morgan fingerprint density at radius 1 is 0.740 bits per heavy atom. The van der Waals surface area contributed by atoms with E-state index in [0.717, 1.165) is 50.0 Å². The van der Waals surface area contributed by atoms with Gasteiger partial charge >= 0.3 is 24.2 Å². The molecule has 10 nitrogen and oxygen atoms in total. The number of hydrogen-bond acceptors (Lipinski definition) is 10. The molecule has 1 aliphatic carbocycles. The molecule has 0 unspecified atom stereocenters. The Bertz CT molecular complexity index is 1520. The second-order valence-corrected chi connectivity index (χ2v) is 11.7. The Hall–Kier alpha value is -4.59. The predicted molar refractivity (Wildman–Crippen MR) is 170 cm³/mol. The van der Waals surface area contributed by atoms with Gasteiger partial charge in [-0.15, -0.1) is 8.78 Å². The van der Waals surface area contributed by atoms with E-state index < -0.39 is 58.6 Å². The van der Waals surface area contributed by atoms with Crippen LogP contribution in [-0.4, -0.2) is 56.7 Å². The molecule has 1 fully saturated rings. The van der Waals surface area contributed by atoms with Crippen molar-refractivity contribution >= 4 is 17.9 Å². The van der Waals surface area contributed by atoms with Crippen LogP contribution in [0.15, 0.2) is 49.6 Å². The molecular weight excluding hydrogens is 668 g/mol. The normalized spacial score (nSPS) is 17.4. The van der Waals surface area contributed by atoms with Gasteiger partial charge in [-0.05, 0) is 87.5 Å². The summed E-state index contributed by atoms with van der Waals surface area (Å²) in [5, 5.41) is 0. The second kappa shape index (κ2) is 18.4. The van der Waals surface area contributed by atoms with Gasteiger partial charge in [0.1, 0.15) is 5.56 Å². The van der Waals surface area contributed by atoms with Crippen molar-refractivity contribution in [1.82, 2.24) is 0 Å². The summed E-state index contributed by atoms with van der Waals surface area (Å²) in [6.07, 6.45) is 4.78. The number of carbonyl (C=O) groups is 3. The highest BCUT2D eigenvalue weighted by Crippen LogP contribution is 2.49. The third kappa shape index (κ3) is 10.7. The monoisotopic (exact) mass is 708 g/mol. The SMILES string of the molecule is C=CC(=O)OCCCCCCOC1CCC(c2ccc(OC(=O)c3ccc(OCCCCOC(=O)C=C)c4c3OC(F)(F)O4)c(F)c2F)CC1. The van der Waals surface area contributed by atoms with E-state index >= 15 is 8.78 Å². The van der Waals surface area contributed by atoms with E-state index in [0.29, 0.717) is 51.7 Å². The molecule has 2 aliphatic rings. The first kappa shape index (κ1) is 38.2. The number of rotatable bonds is 19. The predicted octanol–water partition coefficient (Wildman–Crippen LogP) is 7.73. The molecule has 272 valence electrons. The van der Waals surface area contributed by atoms with Gasteiger partial charge in [0.05, 0.1) is 25.9 Å². The molecule has 0 bridgehead atoms. The smallest absolute Gasteiger partial charge is 0.490 e. The number of unbranched alkanes of at least 4 members (excludes halogenated alkanes) is 4. The standard InChI is InChI=1S/C36H40F4O10/c1-3-29(41)46-21-8-6-5-7-19-44-24-13-11-23(12-14-24)25-15-17-27(32(38)31(25)37)48-35(43)26-16-18-28(34-33(26)49-36(39,40)50-34)45-20-9-10-22-47-30(42)4-2/h3-4,15-18,23-24H,1-2,5-14,19-22H2. The molecule has 50 heavy (non-hydrogen) atoms. The van der Waals surface area contributed by atoms with Crippen molar-refractivity contribution < 1.29 is 65.1 Å². The van der Waals surface area contributed by atoms with E-state index in [1.807, 2.05) is 0 Å². The minimum absolute atomic E-state index is 0.0129. The third-order valence-electron chi connectivity index (χ3n) is 8.14. The average molecular weight is 709 g/mol. The van der Waals surface area contributed by atoms with Crippen LogP contribution in [0.25, 0.3) is 0 Å². The zero-order valence-corrected chi connectivity index (χ0v) is 27.5. The number of halogens is 4. The number of alkyl halides is 2. The molecule has 0 amide bonds. The maximum absolute atomic E-state index is 15.2. The molecule has 0 spiro atoms. The van der Waals surface area contributed by atoms with Gasteiger partial charge in [-0.1, -0.05) is 25.6 Å². The van der Waals surface area contributed by atoms with Crippen LogP contribution >= 0.6 is 0 Å². The maximum Gasteiger partial charge on any atom is 0.586 e. The molecule has 2 aromatic carbocycles. The Morgan fingerprint density at radius 2 is 1.32 bits per heavy atom. The van der Waals surface area contributed by atoms with Gasteiger partial charge in [0.15, 0.2) is 23.1 Å². The van der Waals surface area contributed by atoms with Crippen LogP contribution in [0.2, 0.25) is 0 Å². The lowest BCUT2D eigenvalue weighted by Crippen LogP contribution is -2.26. The summed E-state index contributed by atoms with van der Waals surface area (Å²) in [5.41, 5.74) is -0.368. The molecule has 0 saturated heterocycles. The summed E-state index contributed by atoms with van der Waals surface area (Å²) in [6, 6.07) is 4.75. The summed E-state index contributed by atoms with van der Waals surface area (Å²) in [4.78, 5) is 35.1. The zero-order valence-electron chi connectivity index (χ0n) is 27.5. The van der Waals surface area contributed by atoms with Gasteiger partial charge in [0.2, 0.25) is 11.6 Å². The number of benzene rings is 2. The lowest BCUT2D eigenvalue weighted by atomic mass is 9.82. The third-order valence-corrected chi connectivity index (χ3v) is 8.14. The van der Waals surface area contributed by atoms with Crippen molar-refractivity contribution in [2.45, 2.75) is 82.5 Å². The van der Waals surface area contributed by atoms with E-state index in [2.05, 4.69) is 22.6 Å². The van der Waals surface area contributed by atoms with Crippen molar-refractivity contribution in [2.75, 3.05) is 26.4 Å². The number of hydrogen-bond donors (Lipinski definition) is 0. The van der Waals surface area contributed by atoms with Gasteiger partial charge in [-0.25, -0.2) is 18.8 Å². The van der Waals surface area contributed by atoms with Crippen LogP contribution in [0.4, 0.5) is 17.6 Å². The summed E-state index contributed by atoms with van der Waals surface area (Å²) >= 11 is 0. The highest BCUT2D eigenvalue weighted by molar-refractivity contribution is 5.96. The molecular formula is C36H40F4O10. The summed E-state index contributed by atoms with van der Waals surface area (Å²) < 4.78 is 94.0. The Balaban J connectivity index is 1.27. The van der Waals surface area contributed by atoms with Gasteiger partial charge in [-0.3, -0.25) is 0 Å². The topological polar surface area (TPSA) is 116 Å². The minimum Gasteiger partial charge on any atom is -0.490 e. The van der Waals surface area contributed by atoms with Crippen LogP contribution in [-0.2, 0) is 23.8 Å². The summed E-state index contributed by atoms with van der Waals surface area (Å²) in [5.74, 6) is -7.21. The van der Waals surface area contributed by atoms with E-state index in [-0.39, 0.29) is 36.5 Å². The molecule has 4 rings (SSSR count). The molecule has 1 saturated carbocycles. The Kier molecular flexibility index (Phi) is 14.1. The molecule has 0 atom stereocenters. The number of carbonyl (C=O) groups excluding carboxylic acids is 3. The molecule has 2 aromatic rings. The maximum atomic E-state index is 15.2. The van der Waals surface area contributed by atoms with Crippen molar-refractivity contribution in [3.8, 4) is 23.0 Å². The molecule has 14 heteroatoms. The fourth-order valence-corrected chi connectivity index (χ4v) is 5.57. The Labute approximate surface area is 287 Å². The van der Waals surface area contributed by atoms with Crippen LogP contribution in [0.5, 0.6) is 23.0 Å². The highest BCUT2D eigenvalue weighted by atomic mass is 19.3. The largest absolute Gasteiger partial charge is 0.586 e. The lowest BCUT2D eigenvalue weighted by molar-refractivity contribution is -0.287. The summed E-state index contributed by atoms with van der Waals surface area (Å²) in [6.45, 7) is 7.70. The molecule has 0 radical (unpaired) electrons. The number of fused-ring (bicyclic) bond motifs is 1. The van der Waals surface area contributed by atoms with E-state index in [9.17, 15) is 23.2 Å².